The van der Waals surface area contributed by atoms with E-state index in [1.807, 2.05) is 12.1 Å². The molecule has 2 amide bonds. The fourth-order valence-corrected chi connectivity index (χ4v) is 3.59. The summed E-state index contributed by atoms with van der Waals surface area (Å²) in [4.78, 5) is 34.4. The maximum Gasteiger partial charge on any atom is 0.254 e. The normalized spacial score (nSPS) is 12.9. The van der Waals surface area contributed by atoms with Crippen molar-refractivity contribution < 1.29 is 19.5 Å². The summed E-state index contributed by atoms with van der Waals surface area (Å²) in [5, 5.41) is 10.2. The van der Waals surface area contributed by atoms with Gasteiger partial charge < -0.3 is 19.9 Å². The van der Waals surface area contributed by atoms with Crippen molar-refractivity contribution in [1.29, 1.82) is 0 Å². The van der Waals surface area contributed by atoms with Crippen LogP contribution in [0.1, 0.15) is 49.4 Å². The maximum absolute atomic E-state index is 12.2. The van der Waals surface area contributed by atoms with Gasteiger partial charge in [-0.15, -0.1) is 0 Å². The first-order chi connectivity index (χ1) is 16.6. The van der Waals surface area contributed by atoms with Gasteiger partial charge in [0.05, 0.1) is 12.7 Å². The van der Waals surface area contributed by atoms with Crippen LogP contribution >= 0.6 is 0 Å². The molecule has 0 saturated carbocycles. The van der Waals surface area contributed by atoms with Crippen LogP contribution in [0.2, 0.25) is 0 Å². The maximum atomic E-state index is 12.2. The van der Waals surface area contributed by atoms with Crippen LogP contribution in [0.3, 0.4) is 0 Å². The van der Waals surface area contributed by atoms with Gasteiger partial charge in [0, 0.05) is 50.8 Å². The Kier molecular flexibility index (Phi) is 12.2. The predicted molar refractivity (Wildman–Crippen MR) is 132 cm³/mol. The number of aromatic nitrogens is 2. The fourth-order valence-electron chi connectivity index (χ4n) is 3.59. The van der Waals surface area contributed by atoms with E-state index in [-0.39, 0.29) is 12.3 Å². The van der Waals surface area contributed by atoms with Gasteiger partial charge >= 0.3 is 0 Å². The standard InChI is InChI=1S/C23H33N5O2.CH3NO2/c1-3-4-5-6-7-12-24-22(29)19-17-25-23(26-18-19)28-15-13-27(14-16-28)20-8-10-21(30-2)11-9-20;3-1-2-4/h8-11,17-18H,3-7,12-16H2,1-2H3,(H,24,29);1,4H,(H,2,3). The molecular formula is C24H36N6O4. The number of carbonyl (C=O) groups excluding carboxylic acids is 2. The molecule has 0 bridgehead atoms. The first-order valence-electron chi connectivity index (χ1n) is 11.7. The van der Waals surface area contributed by atoms with Crippen molar-refractivity contribution in [3.05, 3.63) is 42.2 Å². The quantitative estimate of drug-likeness (QED) is 0.198. The van der Waals surface area contributed by atoms with E-state index in [0.29, 0.717) is 18.1 Å². The minimum Gasteiger partial charge on any atom is -0.497 e. The molecule has 2 aromatic rings. The average Bonchev–Trinajstić information content (AvgIpc) is 2.91. The average molecular weight is 473 g/mol. The number of ether oxygens (including phenoxy) is 1. The van der Waals surface area contributed by atoms with Gasteiger partial charge in [0.1, 0.15) is 5.75 Å². The van der Waals surface area contributed by atoms with Crippen LogP contribution in [-0.4, -0.2) is 67.3 Å². The van der Waals surface area contributed by atoms with Crippen LogP contribution < -0.4 is 25.3 Å². The summed E-state index contributed by atoms with van der Waals surface area (Å²) in [7, 11) is 1.68. The highest BCUT2D eigenvalue weighted by molar-refractivity contribution is 5.93. The predicted octanol–water partition coefficient (Wildman–Crippen LogP) is 2.63. The molecule has 0 unspecified atom stereocenters. The van der Waals surface area contributed by atoms with Crippen molar-refractivity contribution in [1.82, 2.24) is 20.8 Å². The lowest BCUT2D eigenvalue weighted by molar-refractivity contribution is -0.116. The van der Waals surface area contributed by atoms with Crippen LogP contribution in [0.4, 0.5) is 11.6 Å². The number of benzene rings is 1. The Hall–Kier alpha value is -3.40. The first-order valence-corrected chi connectivity index (χ1v) is 11.7. The number of rotatable bonds is 11. The fraction of sp³-hybridized carbons (Fsp3) is 0.500. The molecule has 1 aliphatic rings. The Labute approximate surface area is 201 Å². The third-order valence-corrected chi connectivity index (χ3v) is 5.52. The Morgan fingerprint density at radius 2 is 1.62 bits per heavy atom. The second-order valence-electron chi connectivity index (χ2n) is 7.86. The van der Waals surface area contributed by atoms with Crippen LogP contribution in [0.15, 0.2) is 36.7 Å². The number of carbonyl (C=O) groups is 2. The lowest BCUT2D eigenvalue weighted by atomic mass is 10.1. The molecule has 3 rings (SSSR count). The highest BCUT2D eigenvalue weighted by Gasteiger charge is 2.19. The van der Waals surface area contributed by atoms with E-state index < -0.39 is 0 Å². The third-order valence-electron chi connectivity index (χ3n) is 5.52. The molecule has 1 aromatic carbocycles. The zero-order valence-electron chi connectivity index (χ0n) is 20.1. The van der Waals surface area contributed by atoms with E-state index in [2.05, 4.69) is 44.1 Å². The smallest absolute Gasteiger partial charge is 0.254 e. The molecule has 0 atom stereocenters. The zero-order valence-corrected chi connectivity index (χ0v) is 20.1. The van der Waals surface area contributed by atoms with E-state index in [1.165, 1.54) is 30.4 Å². The summed E-state index contributed by atoms with van der Waals surface area (Å²) in [6.07, 6.45) is 9.34. The molecule has 10 nitrogen and oxygen atoms in total. The molecule has 1 aromatic heterocycles. The van der Waals surface area contributed by atoms with Crippen LogP contribution in [0, 0.1) is 0 Å². The number of nitrogens with zero attached hydrogens (tertiary/aromatic N) is 4. The second kappa shape index (κ2) is 15.4. The number of amides is 2. The number of nitrogens with one attached hydrogen (secondary N) is 2. The van der Waals surface area contributed by atoms with E-state index in [1.54, 1.807) is 19.5 Å². The summed E-state index contributed by atoms with van der Waals surface area (Å²) in [6.45, 7) is 6.39. The molecule has 0 aliphatic carbocycles. The Balaban J connectivity index is 0.000000945. The third kappa shape index (κ3) is 8.86. The topological polar surface area (TPSA) is 120 Å². The van der Waals surface area contributed by atoms with Crippen molar-refractivity contribution in [2.24, 2.45) is 0 Å². The highest BCUT2D eigenvalue weighted by Crippen LogP contribution is 2.21. The molecule has 34 heavy (non-hydrogen) atoms. The number of anilines is 2. The van der Waals surface area contributed by atoms with Crippen molar-refractivity contribution in [3.63, 3.8) is 0 Å². The van der Waals surface area contributed by atoms with Gasteiger partial charge in [-0.1, -0.05) is 32.6 Å². The van der Waals surface area contributed by atoms with E-state index in [4.69, 9.17) is 14.7 Å². The van der Waals surface area contributed by atoms with E-state index in [0.717, 1.165) is 44.8 Å². The number of hydrogen-bond donors (Lipinski definition) is 3. The number of unbranched alkanes of at least 4 members (excludes halogenated alkanes) is 4. The van der Waals surface area contributed by atoms with Gasteiger partial charge in [-0.2, -0.15) is 0 Å². The van der Waals surface area contributed by atoms with Gasteiger partial charge in [-0.05, 0) is 30.7 Å². The minimum absolute atomic E-state index is 0.0960. The monoisotopic (exact) mass is 472 g/mol. The Bertz CT molecular complexity index is 840. The molecule has 2 heterocycles. The molecule has 3 N–H and O–H groups in total. The van der Waals surface area contributed by atoms with Gasteiger partial charge in [-0.25, -0.2) is 15.4 Å². The van der Waals surface area contributed by atoms with Gasteiger partial charge in [0.25, 0.3) is 5.91 Å². The summed E-state index contributed by atoms with van der Waals surface area (Å²) >= 11 is 0. The number of methoxy groups -OCH3 is 1. The lowest BCUT2D eigenvalue weighted by Crippen LogP contribution is -2.47. The number of hydrogen-bond acceptors (Lipinski definition) is 8. The molecule has 0 spiro atoms. The van der Waals surface area contributed by atoms with Crippen molar-refractivity contribution >= 4 is 24.0 Å². The second-order valence-corrected chi connectivity index (χ2v) is 7.86. The minimum atomic E-state index is -0.0960. The zero-order chi connectivity index (χ0) is 24.6. The summed E-state index contributed by atoms with van der Waals surface area (Å²) in [5.74, 6) is 1.45. The lowest BCUT2D eigenvalue weighted by Gasteiger charge is -2.36. The van der Waals surface area contributed by atoms with Gasteiger partial charge in [-0.3, -0.25) is 14.8 Å². The molecule has 186 valence electrons. The molecule has 1 saturated heterocycles. The Morgan fingerprint density at radius 1 is 1.03 bits per heavy atom. The highest BCUT2D eigenvalue weighted by atomic mass is 16.5. The summed E-state index contributed by atoms with van der Waals surface area (Å²) in [5.41, 5.74) is 2.96. The number of hydroxylamine groups is 1. The van der Waals surface area contributed by atoms with Crippen LogP contribution in [0.25, 0.3) is 0 Å². The number of piperazine rings is 1. The Morgan fingerprint density at radius 3 is 2.18 bits per heavy atom. The van der Waals surface area contributed by atoms with Gasteiger partial charge in [0.15, 0.2) is 0 Å². The molecule has 1 aliphatic heterocycles. The van der Waals surface area contributed by atoms with Crippen molar-refractivity contribution in [3.8, 4) is 5.75 Å². The molecule has 1 fully saturated rings. The van der Waals surface area contributed by atoms with E-state index >= 15 is 0 Å². The van der Waals surface area contributed by atoms with Gasteiger partial charge in [0.2, 0.25) is 12.4 Å². The van der Waals surface area contributed by atoms with Crippen LogP contribution in [-0.2, 0) is 4.79 Å². The summed E-state index contributed by atoms with van der Waals surface area (Å²) < 4.78 is 5.23. The molecular weight excluding hydrogens is 436 g/mol. The summed E-state index contributed by atoms with van der Waals surface area (Å²) in [6, 6.07) is 8.14. The van der Waals surface area contributed by atoms with Crippen LogP contribution in [0.5, 0.6) is 5.75 Å². The molecule has 10 heteroatoms. The first kappa shape index (κ1) is 26.8. The van der Waals surface area contributed by atoms with E-state index in [9.17, 15) is 4.79 Å². The van der Waals surface area contributed by atoms with Crippen molar-refractivity contribution in [2.45, 2.75) is 39.0 Å². The SMILES string of the molecule is CCCCCCCNC(=O)c1cnc(N2CCN(c3ccc(OC)cc3)CC2)nc1.O=CNO. The van der Waals surface area contributed by atoms with Crippen molar-refractivity contribution in [2.75, 3.05) is 49.6 Å². The largest absolute Gasteiger partial charge is 0.497 e. The molecule has 0 radical (unpaired) electrons.